The molecule has 0 saturated carbocycles. The van der Waals surface area contributed by atoms with Crippen LogP contribution in [0.1, 0.15) is 51.4 Å². The smallest absolute Gasteiger partial charge is 0.0739 e. The molecule has 0 aromatic carbocycles. The predicted molar refractivity (Wildman–Crippen MR) is 91.4 cm³/mol. The van der Waals surface area contributed by atoms with Gasteiger partial charge in [-0.2, -0.15) is 5.10 Å². The first-order valence-electron chi connectivity index (χ1n) is 8.07. The Kier molecular flexibility index (Phi) is 5.49. The Bertz CT molecular complexity index is 485. The number of aromatic nitrogens is 2. The number of halogens is 1. The number of aryl methyl sites for hydroxylation is 2. The fourth-order valence-electron chi connectivity index (χ4n) is 3.21. The van der Waals surface area contributed by atoms with Crippen LogP contribution in [0.15, 0.2) is 4.47 Å². The standard InChI is InChI=1S/C16H29BrN4/c1-6-8-13-9-21(16(4,7-2)11-18-13)10-14-15(17)12(3)19-20(14)5/h13,18H,6-11H2,1-5H3. The van der Waals surface area contributed by atoms with Gasteiger partial charge in [-0.05, 0) is 42.6 Å². The number of hydrogen-bond acceptors (Lipinski definition) is 3. The number of piperazine rings is 1. The van der Waals surface area contributed by atoms with Crippen molar-refractivity contribution in [2.24, 2.45) is 7.05 Å². The van der Waals surface area contributed by atoms with E-state index in [1.807, 2.05) is 11.7 Å². The molecule has 1 fully saturated rings. The minimum Gasteiger partial charge on any atom is -0.311 e. The van der Waals surface area contributed by atoms with Crippen LogP contribution in [-0.2, 0) is 13.6 Å². The van der Waals surface area contributed by atoms with Crippen molar-refractivity contribution in [2.75, 3.05) is 13.1 Å². The Morgan fingerprint density at radius 3 is 2.67 bits per heavy atom. The van der Waals surface area contributed by atoms with Gasteiger partial charge in [-0.1, -0.05) is 20.3 Å². The maximum absolute atomic E-state index is 4.53. The van der Waals surface area contributed by atoms with Gasteiger partial charge in [0.25, 0.3) is 0 Å². The van der Waals surface area contributed by atoms with Gasteiger partial charge in [0.05, 0.1) is 15.9 Å². The zero-order chi connectivity index (χ0) is 15.6. The molecule has 120 valence electrons. The van der Waals surface area contributed by atoms with Gasteiger partial charge in [0.1, 0.15) is 0 Å². The summed E-state index contributed by atoms with van der Waals surface area (Å²) in [5, 5.41) is 8.27. The van der Waals surface area contributed by atoms with Crippen molar-refractivity contribution >= 4 is 15.9 Å². The van der Waals surface area contributed by atoms with Gasteiger partial charge in [0, 0.05) is 38.3 Å². The molecule has 2 rings (SSSR count). The third-order valence-electron chi connectivity index (χ3n) is 4.98. The average Bonchev–Trinajstić information content (AvgIpc) is 2.69. The van der Waals surface area contributed by atoms with E-state index in [1.54, 1.807) is 0 Å². The molecule has 1 aromatic heterocycles. The SMILES string of the molecule is CCCC1CN(Cc2c(Br)c(C)nn2C)C(C)(CC)CN1. The van der Waals surface area contributed by atoms with Crippen molar-refractivity contribution < 1.29 is 0 Å². The molecule has 0 amide bonds. The molecule has 1 N–H and O–H groups in total. The molecule has 0 radical (unpaired) electrons. The van der Waals surface area contributed by atoms with Crippen LogP contribution < -0.4 is 5.32 Å². The van der Waals surface area contributed by atoms with E-state index in [4.69, 9.17) is 0 Å². The fraction of sp³-hybridized carbons (Fsp3) is 0.812. The molecule has 4 nitrogen and oxygen atoms in total. The van der Waals surface area contributed by atoms with Crippen LogP contribution >= 0.6 is 15.9 Å². The number of hydrogen-bond donors (Lipinski definition) is 1. The molecule has 1 saturated heterocycles. The van der Waals surface area contributed by atoms with Crippen molar-refractivity contribution in [1.29, 1.82) is 0 Å². The highest BCUT2D eigenvalue weighted by Gasteiger charge is 2.36. The zero-order valence-corrected chi connectivity index (χ0v) is 15.6. The van der Waals surface area contributed by atoms with Crippen LogP contribution in [0.4, 0.5) is 0 Å². The highest BCUT2D eigenvalue weighted by Crippen LogP contribution is 2.29. The lowest BCUT2D eigenvalue weighted by molar-refractivity contribution is 0.0375. The molecular weight excluding hydrogens is 328 g/mol. The van der Waals surface area contributed by atoms with Crippen molar-refractivity contribution in [2.45, 2.75) is 65.1 Å². The van der Waals surface area contributed by atoms with E-state index in [9.17, 15) is 0 Å². The summed E-state index contributed by atoms with van der Waals surface area (Å²) in [6, 6.07) is 0.614. The first kappa shape index (κ1) is 17.0. The second-order valence-corrected chi connectivity index (χ2v) is 7.36. The van der Waals surface area contributed by atoms with E-state index in [0.29, 0.717) is 6.04 Å². The second-order valence-electron chi connectivity index (χ2n) is 6.57. The largest absolute Gasteiger partial charge is 0.311 e. The summed E-state index contributed by atoms with van der Waals surface area (Å²) in [7, 11) is 2.04. The lowest BCUT2D eigenvalue weighted by Crippen LogP contribution is -2.62. The Balaban J connectivity index is 2.20. The van der Waals surface area contributed by atoms with E-state index in [2.05, 4.69) is 58.9 Å². The van der Waals surface area contributed by atoms with E-state index >= 15 is 0 Å². The topological polar surface area (TPSA) is 33.1 Å². The van der Waals surface area contributed by atoms with Crippen molar-refractivity contribution in [3.8, 4) is 0 Å². The summed E-state index contributed by atoms with van der Waals surface area (Å²) in [5.74, 6) is 0. The van der Waals surface area contributed by atoms with Crippen LogP contribution in [0, 0.1) is 6.92 Å². The van der Waals surface area contributed by atoms with Gasteiger partial charge < -0.3 is 5.32 Å². The molecule has 1 aliphatic heterocycles. The van der Waals surface area contributed by atoms with Gasteiger partial charge in [0.15, 0.2) is 0 Å². The Morgan fingerprint density at radius 1 is 1.43 bits per heavy atom. The minimum atomic E-state index is 0.224. The molecule has 2 atom stereocenters. The van der Waals surface area contributed by atoms with Gasteiger partial charge in [0.2, 0.25) is 0 Å². The first-order valence-corrected chi connectivity index (χ1v) is 8.87. The van der Waals surface area contributed by atoms with Gasteiger partial charge in [-0.3, -0.25) is 9.58 Å². The van der Waals surface area contributed by atoms with Crippen LogP contribution in [0.25, 0.3) is 0 Å². The summed E-state index contributed by atoms with van der Waals surface area (Å²) >= 11 is 3.71. The third kappa shape index (κ3) is 3.51. The first-order chi connectivity index (χ1) is 9.91. The summed E-state index contributed by atoms with van der Waals surface area (Å²) in [6.07, 6.45) is 3.65. The van der Waals surface area contributed by atoms with Crippen molar-refractivity contribution in [1.82, 2.24) is 20.0 Å². The highest BCUT2D eigenvalue weighted by atomic mass is 79.9. The summed E-state index contributed by atoms with van der Waals surface area (Å²) in [5.41, 5.74) is 2.58. The van der Waals surface area contributed by atoms with E-state index in [-0.39, 0.29) is 5.54 Å². The van der Waals surface area contributed by atoms with Crippen molar-refractivity contribution in [3.05, 3.63) is 15.9 Å². The van der Waals surface area contributed by atoms with Crippen LogP contribution in [0.5, 0.6) is 0 Å². The van der Waals surface area contributed by atoms with Gasteiger partial charge in [-0.15, -0.1) is 0 Å². The monoisotopic (exact) mass is 356 g/mol. The molecule has 2 heterocycles. The molecule has 1 aromatic rings. The molecule has 5 heteroatoms. The lowest BCUT2D eigenvalue weighted by Gasteiger charge is -2.48. The van der Waals surface area contributed by atoms with Gasteiger partial charge >= 0.3 is 0 Å². The summed E-state index contributed by atoms with van der Waals surface area (Å²) in [4.78, 5) is 2.64. The molecule has 0 aliphatic carbocycles. The summed E-state index contributed by atoms with van der Waals surface area (Å²) < 4.78 is 3.18. The van der Waals surface area contributed by atoms with Crippen molar-refractivity contribution in [3.63, 3.8) is 0 Å². The molecule has 0 spiro atoms. The van der Waals surface area contributed by atoms with E-state index in [1.165, 1.54) is 18.5 Å². The Hall–Kier alpha value is -0.390. The van der Waals surface area contributed by atoms with E-state index < -0.39 is 0 Å². The molecule has 21 heavy (non-hydrogen) atoms. The van der Waals surface area contributed by atoms with Gasteiger partial charge in [-0.25, -0.2) is 0 Å². The Labute approximate surface area is 137 Å². The van der Waals surface area contributed by atoms with E-state index in [0.717, 1.165) is 36.2 Å². The number of rotatable bonds is 5. The zero-order valence-electron chi connectivity index (χ0n) is 14.0. The van der Waals surface area contributed by atoms with Crippen LogP contribution in [0.3, 0.4) is 0 Å². The number of nitrogens with zero attached hydrogens (tertiary/aromatic N) is 3. The van der Waals surface area contributed by atoms with Crippen LogP contribution in [-0.4, -0.2) is 39.4 Å². The lowest BCUT2D eigenvalue weighted by atomic mass is 9.91. The van der Waals surface area contributed by atoms with Crippen LogP contribution in [0.2, 0.25) is 0 Å². The summed E-state index contributed by atoms with van der Waals surface area (Å²) in [6.45, 7) is 12.1. The normalized spacial score (nSPS) is 27.2. The number of nitrogens with one attached hydrogen (secondary N) is 1. The average molecular weight is 357 g/mol. The minimum absolute atomic E-state index is 0.224. The quantitative estimate of drug-likeness (QED) is 0.878. The maximum Gasteiger partial charge on any atom is 0.0739 e. The second kappa shape index (κ2) is 6.80. The Morgan fingerprint density at radius 2 is 2.14 bits per heavy atom. The molecular formula is C16H29BrN4. The fourth-order valence-corrected chi connectivity index (χ4v) is 3.67. The maximum atomic E-state index is 4.53. The molecule has 1 aliphatic rings. The highest BCUT2D eigenvalue weighted by molar-refractivity contribution is 9.10. The predicted octanol–water partition coefficient (Wildman–Crippen LogP) is 3.23. The molecule has 0 bridgehead atoms. The molecule has 2 unspecified atom stereocenters. The third-order valence-corrected chi connectivity index (χ3v) is 6.01.